The second kappa shape index (κ2) is 11.4. The van der Waals surface area contributed by atoms with Gasteiger partial charge in [-0.25, -0.2) is 18.4 Å². The maximum Gasteiger partial charge on any atom is 0.338 e. The largest absolute Gasteiger partial charge is 0.463 e. The molecule has 0 unspecified atom stereocenters. The summed E-state index contributed by atoms with van der Waals surface area (Å²) in [6.45, 7) is 1.52. The third-order valence-electron chi connectivity index (χ3n) is 5.63. The Labute approximate surface area is 212 Å². The highest BCUT2D eigenvalue weighted by atomic mass is 19.1. The third-order valence-corrected chi connectivity index (χ3v) is 5.63. The number of pyridine rings is 1. The Kier molecular flexibility index (Phi) is 7.87. The van der Waals surface area contributed by atoms with Crippen LogP contribution in [0.25, 0.3) is 0 Å². The van der Waals surface area contributed by atoms with Gasteiger partial charge in [0.05, 0.1) is 30.5 Å². The molecule has 37 heavy (non-hydrogen) atoms. The van der Waals surface area contributed by atoms with E-state index in [-0.39, 0.29) is 36.5 Å². The van der Waals surface area contributed by atoms with E-state index in [1.807, 2.05) is 0 Å². The third kappa shape index (κ3) is 6.16. The van der Waals surface area contributed by atoms with Crippen LogP contribution in [0, 0.1) is 11.6 Å². The van der Waals surface area contributed by atoms with Gasteiger partial charge in [0.1, 0.15) is 11.6 Å². The Morgan fingerprint density at radius 2 is 1.78 bits per heavy atom. The van der Waals surface area contributed by atoms with E-state index in [9.17, 15) is 23.2 Å². The summed E-state index contributed by atoms with van der Waals surface area (Å²) in [5.74, 6) is -2.40. The number of hydrogen-bond acceptors (Lipinski definition) is 5. The van der Waals surface area contributed by atoms with E-state index in [2.05, 4.69) is 15.6 Å². The van der Waals surface area contributed by atoms with Gasteiger partial charge in [0.25, 0.3) is 5.91 Å². The summed E-state index contributed by atoms with van der Waals surface area (Å²) in [5, 5.41) is 5.24. The molecule has 0 aliphatic carbocycles. The minimum absolute atomic E-state index is 0.0234. The molecular weight excluding hydrogens is 482 g/mol. The molecule has 0 bridgehead atoms. The van der Waals surface area contributed by atoms with Gasteiger partial charge in [0, 0.05) is 24.5 Å². The Morgan fingerprint density at radius 1 is 1.03 bits per heavy atom. The van der Waals surface area contributed by atoms with E-state index in [1.54, 1.807) is 37.5 Å². The van der Waals surface area contributed by atoms with Crippen molar-refractivity contribution >= 4 is 17.9 Å². The average Bonchev–Trinajstić information content (AvgIpc) is 2.88. The maximum atomic E-state index is 14.0. The molecule has 0 spiro atoms. The van der Waals surface area contributed by atoms with Crippen LogP contribution in [0.3, 0.4) is 0 Å². The standard InChI is InChI=1S/C27H24F2N4O4/c1-2-37-26(35)23-22(31-27(36)32-24(23)18-7-3-9-20(28)12-18)16-33(15-17-6-5-11-30-14-17)25(34)19-8-4-10-21(29)13-19/h3-14,24H,2,15-16H2,1H3,(H2,31,32,36)/t24-/m1/s1. The van der Waals surface area contributed by atoms with Crippen molar-refractivity contribution in [3.05, 3.63) is 113 Å². The minimum atomic E-state index is -1.02. The molecule has 2 heterocycles. The smallest absolute Gasteiger partial charge is 0.338 e. The fourth-order valence-electron chi connectivity index (χ4n) is 4.04. The number of nitrogens with one attached hydrogen (secondary N) is 2. The van der Waals surface area contributed by atoms with Gasteiger partial charge in [-0.05, 0) is 54.4 Å². The normalized spacial score (nSPS) is 15.0. The number of halogens is 2. The van der Waals surface area contributed by atoms with Crippen molar-refractivity contribution in [1.29, 1.82) is 0 Å². The van der Waals surface area contributed by atoms with Crippen molar-refractivity contribution in [2.24, 2.45) is 0 Å². The van der Waals surface area contributed by atoms with Crippen molar-refractivity contribution in [1.82, 2.24) is 20.5 Å². The van der Waals surface area contributed by atoms with Gasteiger partial charge in [-0.2, -0.15) is 0 Å². The highest BCUT2D eigenvalue weighted by Crippen LogP contribution is 2.29. The molecule has 0 radical (unpaired) electrons. The number of aromatic nitrogens is 1. The van der Waals surface area contributed by atoms with E-state index >= 15 is 0 Å². The molecule has 0 fully saturated rings. The average molecular weight is 507 g/mol. The van der Waals surface area contributed by atoms with Crippen molar-refractivity contribution in [3.63, 3.8) is 0 Å². The molecule has 1 aliphatic rings. The second-order valence-corrected chi connectivity index (χ2v) is 8.23. The highest BCUT2D eigenvalue weighted by Gasteiger charge is 2.35. The van der Waals surface area contributed by atoms with Crippen LogP contribution in [0.5, 0.6) is 0 Å². The van der Waals surface area contributed by atoms with Crippen LogP contribution in [0.2, 0.25) is 0 Å². The summed E-state index contributed by atoms with van der Waals surface area (Å²) in [6.07, 6.45) is 3.16. The lowest BCUT2D eigenvalue weighted by Crippen LogP contribution is -2.49. The second-order valence-electron chi connectivity index (χ2n) is 8.23. The Morgan fingerprint density at radius 3 is 2.46 bits per heavy atom. The summed E-state index contributed by atoms with van der Waals surface area (Å²) in [6, 6.07) is 12.5. The van der Waals surface area contributed by atoms with Gasteiger partial charge in [0.15, 0.2) is 0 Å². The van der Waals surface area contributed by atoms with Gasteiger partial charge >= 0.3 is 12.0 Å². The molecule has 3 amide bonds. The minimum Gasteiger partial charge on any atom is -0.463 e. The lowest BCUT2D eigenvalue weighted by Gasteiger charge is -2.32. The number of rotatable bonds is 8. The number of esters is 1. The monoisotopic (exact) mass is 506 g/mol. The molecule has 4 rings (SSSR count). The Balaban J connectivity index is 1.79. The van der Waals surface area contributed by atoms with Gasteiger partial charge in [-0.3, -0.25) is 9.78 Å². The van der Waals surface area contributed by atoms with Crippen molar-refractivity contribution < 1.29 is 27.9 Å². The molecule has 1 aromatic heterocycles. The first kappa shape index (κ1) is 25.5. The zero-order valence-corrected chi connectivity index (χ0v) is 19.9. The number of carbonyl (C=O) groups excluding carboxylic acids is 3. The number of ether oxygens (including phenoxy) is 1. The van der Waals surface area contributed by atoms with Crippen LogP contribution in [0.1, 0.15) is 34.5 Å². The van der Waals surface area contributed by atoms with Crippen LogP contribution >= 0.6 is 0 Å². The molecule has 10 heteroatoms. The van der Waals surface area contributed by atoms with E-state index < -0.39 is 35.6 Å². The fraction of sp³-hybridized carbons (Fsp3) is 0.185. The van der Waals surface area contributed by atoms with E-state index in [1.165, 1.54) is 41.3 Å². The zero-order chi connectivity index (χ0) is 26.4. The van der Waals surface area contributed by atoms with E-state index in [0.717, 1.165) is 6.07 Å². The quantitative estimate of drug-likeness (QED) is 0.452. The maximum absolute atomic E-state index is 14.0. The van der Waals surface area contributed by atoms with Crippen molar-refractivity contribution in [3.8, 4) is 0 Å². The van der Waals surface area contributed by atoms with Crippen molar-refractivity contribution in [2.45, 2.75) is 19.5 Å². The first-order valence-electron chi connectivity index (χ1n) is 11.5. The number of benzene rings is 2. The predicted molar refractivity (Wildman–Crippen MR) is 130 cm³/mol. The molecule has 1 atom stereocenters. The van der Waals surface area contributed by atoms with Crippen LogP contribution in [-0.2, 0) is 16.1 Å². The molecule has 1 aliphatic heterocycles. The van der Waals surface area contributed by atoms with Gasteiger partial charge < -0.3 is 20.3 Å². The summed E-state index contributed by atoms with van der Waals surface area (Å²) < 4.78 is 33.2. The van der Waals surface area contributed by atoms with Crippen LogP contribution in [0.15, 0.2) is 84.3 Å². The number of amides is 3. The first-order chi connectivity index (χ1) is 17.9. The highest BCUT2D eigenvalue weighted by molar-refractivity contribution is 5.97. The number of carbonyl (C=O) groups is 3. The predicted octanol–water partition coefficient (Wildman–Crippen LogP) is 3.87. The summed E-state index contributed by atoms with van der Waals surface area (Å²) in [7, 11) is 0. The lowest BCUT2D eigenvalue weighted by atomic mass is 9.94. The molecule has 190 valence electrons. The lowest BCUT2D eigenvalue weighted by molar-refractivity contribution is -0.139. The van der Waals surface area contributed by atoms with Gasteiger partial charge in [0.2, 0.25) is 0 Å². The SMILES string of the molecule is CCOC(=O)C1=C(CN(Cc2cccnc2)C(=O)c2cccc(F)c2)NC(=O)N[C@@H]1c1cccc(F)c1. The Hall–Kier alpha value is -4.60. The molecule has 2 N–H and O–H groups in total. The van der Waals surface area contributed by atoms with Gasteiger partial charge in [-0.15, -0.1) is 0 Å². The zero-order valence-electron chi connectivity index (χ0n) is 19.9. The first-order valence-corrected chi connectivity index (χ1v) is 11.5. The van der Waals surface area contributed by atoms with Gasteiger partial charge in [-0.1, -0.05) is 24.3 Å². The summed E-state index contributed by atoms with van der Waals surface area (Å²) in [5.41, 5.74) is 1.21. The fourth-order valence-corrected chi connectivity index (χ4v) is 4.04. The van der Waals surface area contributed by atoms with E-state index in [0.29, 0.717) is 11.1 Å². The molecule has 2 aromatic carbocycles. The van der Waals surface area contributed by atoms with Crippen LogP contribution in [-0.4, -0.2) is 40.9 Å². The van der Waals surface area contributed by atoms with Crippen LogP contribution < -0.4 is 10.6 Å². The Bertz CT molecular complexity index is 1350. The number of urea groups is 1. The van der Waals surface area contributed by atoms with Crippen LogP contribution in [0.4, 0.5) is 13.6 Å². The topological polar surface area (TPSA) is 101 Å². The number of hydrogen-bond donors (Lipinski definition) is 2. The molecular formula is C27H24F2N4O4. The molecule has 8 nitrogen and oxygen atoms in total. The van der Waals surface area contributed by atoms with Crippen molar-refractivity contribution in [2.75, 3.05) is 13.2 Å². The molecule has 3 aromatic rings. The summed E-state index contributed by atoms with van der Waals surface area (Å²) in [4.78, 5) is 44.6. The summed E-state index contributed by atoms with van der Waals surface area (Å²) >= 11 is 0. The molecule has 0 saturated carbocycles. The molecule has 0 saturated heterocycles. The number of nitrogens with zero attached hydrogens (tertiary/aromatic N) is 2. The van der Waals surface area contributed by atoms with E-state index in [4.69, 9.17) is 4.74 Å².